The molecule has 4 bridgehead atoms. The molecule has 0 spiro atoms. The standard InChI is InChI=1S/C16H24N4/c1-20(15-14(10-17)18-2-3-19-15)16-7-11-4-12(8-16)6-13(5-11)9-16/h2-3,11-13H,4-10,17H2,1H3. The van der Waals surface area contributed by atoms with E-state index in [1.807, 2.05) is 0 Å². The van der Waals surface area contributed by atoms with E-state index in [9.17, 15) is 0 Å². The van der Waals surface area contributed by atoms with Gasteiger partial charge in [0, 0.05) is 31.5 Å². The van der Waals surface area contributed by atoms with E-state index in [1.54, 1.807) is 12.4 Å². The zero-order valence-electron chi connectivity index (χ0n) is 12.3. The number of aromatic nitrogens is 2. The third kappa shape index (κ3) is 1.77. The highest BCUT2D eigenvalue weighted by atomic mass is 15.2. The fourth-order valence-corrected chi connectivity index (χ4v) is 5.48. The molecule has 5 rings (SSSR count). The molecule has 4 nitrogen and oxygen atoms in total. The van der Waals surface area contributed by atoms with E-state index in [0.29, 0.717) is 12.1 Å². The van der Waals surface area contributed by atoms with Gasteiger partial charge in [0.2, 0.25) is 0 Å². The lowest BCUT2D eigenvalue weighted by Crippen LogP contribution is -2.59. The van der Waals surface area contributed by atoms with Gasteiger partial charge in [0.1, 0.15) is 0 Å². The average Bonchev–Trinajstić information content (AvgIpc) is 2.45. The molecule has 1 aromatic heterocycles. The molecule has 0 aromatic carbocycles. The van der Waals surface area contributed by atoms with Crippen molar-refractivity contribution >= 4 is 5.82 Å². The second-order valence-electron chi connectivity index (χ2n) is 7.23. The van der Waals surface area contributed by atoms with Crippen LogP contribution in [0.15, 0.2) is 12.4 Å². The van der Waals surface area contributed by atoms with Gasteiger partial charge in [-0.25, -0.2) is 4.98 Å². The topological polar surface area (TPSA) is 55.0 Å². The SMILES string of the molecule is CN(c1nccnc1CN)C12CC3CC(CC(C3)C1)C2. The van der Waals surface area contributed by atoms with Crippen LogP contribution in [-0.2, 0) is 6.54 Å². The van der Waals surface area contributed by atoms with Gasteiger partial charge in [-0.3, -0.25) is 4.98 Å². The van der Waals surface area contributed by atoms with Gasteiger partial charge in [0.05, 0.1) is 5.69 Å². The van der Waals surface area contributed by atoms with Crippen molar-refractivity contribution in [2.45, 2.75) is 50.6 Å². The number of anilines is 1. The maximum atomic E-state index is 5.85. The van der Waals surface area contributed by atoms with Crippen LogP contribution >= 0.6 is 0 Å². The molecule has 1 heterocycles. The first-order valence-electron chi connectivity index (χ1n) is 7.94. The van der Waals surface area contributed by atoms with Crippen LogP contribution in [0.5, 0.6) is 0 Å². The van der Waals surface area contributed by atoms with Crippen molar-refractivity contribution in [1.82, 2.24) is 9.97 Å². The minimum Gasteiger partial charge on any atom is -0.352 e. The molecule has 4 aliphatic rings. The summed E-state index contributed by atoms with van der Waals surface area (Å²) in [7, 11) is 2.22. The van der Waals surface area contributed by atoms with E-state index in [1.165, 1.54) is 38.5 Å². The van der Waals surface area contributed by atoms with E-state index in [2.05, 4.69) is 21.9 Å². The zero-order valence-corrected chi connectivity index (χ0v) is 12.3. The predicted octanol–water partition coefficient (Wildman–Crippen LogP) is 2.34. The summed E-state index contributed by atoms with van der Waals surface area (Å²) in [6.07, 6.45) is 12.0. The summed E-state index contributed by atoms with van der Waals surface area (Å²) < 4.78 is 0. The molecule has 1 aromatic rings. The second kappa shape index (κ2) is 4.42. The van der Waals surface area contributed by atoms with Gasteiger partial charge in [0.15, 0.2) is 5.82 Å². The Morgan fingerprint density at radius 3 is 2.20 bits per heavy atom. The highest BCUT2D eigenvalue weighted by molar-refractivity contribution is 5.46. The lowest BCUT2D eigenvalue weighted by Gasteiger charge is -2.60. The van der Waals surface area contributed by atoms with Crippen molar-refractivity contribution in [2.75, 3.05) is 11.9 Å². The monoisotopic (exact) mass is 272 g/mol. The number of hydrogen-bond donors (Lipinski definition) is 1. The first-order valence-corrected chi connectivity index (χ1v) is 7.94. The van der Waals surface area contributed by atoms with Crippen LogP contribution in [0.25, 0.3) is 0 Å². The summed E-state index contributed by atoms with van der Waals surface area (Å²) in [5, 5.41) is 0. The average molecular weight is 272 g/mol. The molecular weight excluding hydrogens is 248 g/mol. The van der Waals surface area contributed by atoms with Crippen molar-refractivity contribution in [1.29, 1.82) is 0 Å². The molecule has 2 N–H and O–H groups in total. The molecule has 0 saturated heterocycles. The Kier molecular flexibility index (Phi) is 2.78. The summed E-state index contributed by atoms with van der Waals surface area (Å²) in [5.74, 6) is 3.85. The van der Waals surface area contributed by atoms with E-state index in [0.717, 1.165) is 29.3 Å². The maximum absolute atomic E-state index is 5.85. The number of nitrogens with zero attached hydrogens (tertiary/aromatic N) is 3. The minimum absolute atomic E-state index is 0.328. The fourth-order valence-electron chi connectivity index (χ4n) is 5.48. The molecule has 0 aliphatic heterocycles. The van der Waals surface area contributed by atoms with Gasteiger partial charge in [-0.2, -0.15) is 0 Å². The molecule has 0 unspecified atom stereocenters. The molecule has 0 amide bonds. The molecular formula is C16H24N4. The summed E-state index contributed by atoms with van der Waals surface area (Å²) in [6.45, 7) is 0.472. The van der Waals surface area contributed by atoms with Crippen molar-refractivity contribution in [2.24, 2.45) is 23.5 Å². The van der Waals surface area contributed by atoms with Crippen LogP contribution in [0.3, 0.4) is 0 Å². The van der Waals surface area contributed by atoms with Crippen LogP contribution in [0.4, 0.5) is 5.82 Å². The smallest absolute Gasteiger partial charge is 0.151 e. The Bertz CT molecular complexity index is 478. The third-order valence-corrected chi connectivity index (χ3v) is 5.98. The van der Waals surface area contributed by atoms with Gasteiger partial charge < -0.3 is 10.6 Å². The lowest BCUT2D eigenvalue weighted by atomic mass is 9.52. The maximum Gasteiger partial charge on any atom is 0.151 e. The molecule has 4 aliphatic carbocycles. The normalized spacial score (nSPS) is 38.2. The summed E-state index contributed by atoms with van der Waals surface area (Å²) in [4.78, 5) is 11.4. The van der Waals surface area contributed by atoms with Crippen LogP contribution in [0.1, 0.15) is 44.2 Å². The van der Waals surface area contributed by atoms with Crippen molar-refractivity contribution < 1.29 is 0 Å². The molecule has 0 atom stereocenters. The van der Waals surface area contributed by atoms with Gasteiger partial charge in [0.25, 0.3) is 0 Å². The van der Waals surface area contributed by atoms with E-state index in [-0.39, 0.29) is 0 Å². The Morgan fingerprint density at radius 2 is 1.65 bits per heavy atom. The predicted molar refractivity (Wildman–Crippen MR) is 79.2 cm³/mol. The second-order valence-corrected chi connectivity index (χ2v) is 7.23. The molecule has 4 fully saturated rings. The van der Waals surface area contributed by atoms with Crippen LogP contribution in [0.2, 0.25) is 0 Å². The fraction of sp³-hybridized carbons (Fsp3) is 0.750. The van der Waals surface area contributed by atoms with Crippen LogP contribution in [0, 0.1) is 17.8 Å². The Balaban J connectivity index is 1.69. The number of nitrogens with two attached hydrogens (primary N) is 1. The van der Waals surface area contributed by atoms with Crippen molar-refractivity contribution in [3.63, 3.8) is 0 Å². The van der Waals surface area contributed by atoms with Gasteiger partial charge in [-0.1, -0.05) is 0 Å². The summed E-state index contributed by atoms with van der Waals surface area (Å²) in [6, 6.07) is 0. The first-order chi connectivity index (χ1) is 9.70. The van der Waals surface area contributed by atoms with Crippen LogP contribution in [-0.4, -0.2) is 22.6 Å². The summed E-state index contributed by atoms with van der Waals surface area (Å²) >= 11 is 0. The highest BCUT2D eigenvalue weighted by Gasteiger charge is 2.53. The molecule has 108 valence electrons. The number of hydrogen-bond acceptors (Lipinski definition) is 4. The molecule has 20 heavy (non-hydrogen) atoms. The van der Waals surface area contributed by atoms with E-state index in [4.69, 9.17) is 5.73 Å². The van der Waals surface area contributed by atoms with Crippen molar-refractivity contribution in [3.8, 4) is 0 Å². The van der Waals surface area contributed by atoms with Gasteiger partial charge in [-0.05, 0) is 56.3 Å². The Hall–Kier alpha value is -1.16. The summed E-state index contributed by atoms with van der Waals surface area (Å²) in [5.41, 5.74) is 7.11. The van der Waals surface area contributed by atoms with Crippen molar-refractivity contribution in [3.05, 3.63) is 18.1 Å². The first kappa shape index (κ1) is 12.6. The molecule has 0 radical (unpaired) electrons. The third-order valence-electron chi connectivity index (χ3n) is 5.98. The van der Waals surface area contributed by atoms with Gasteiger partial charge in [-0.15, -0.1) is 0 Å². The lowest BCUT2D eigenvalue weighted by molar-refractivity contribution is -0.00238. The Labute approximate surface area is 120 Å². The minimum atomic E-state index is 0.328. The van der Waals surface area contributed by atoms with Gasteiger partial charge >= 0.3 is 0 Å². The van der Waals surface area contributed by atoms with E-state index < -0.39 is 0 Å². The Morgan fingerprint density at radius 1 is 1.10 bits per heavy atom. The highest BCUT2D eigenvalue weighted by Crippen LogP contribution is 2.58. The zero-order chi connectivity index (χ0) is 13.7. The molecule has 4 saturated carbocycles. The molecule has 4 heteroatoms. The van der Waals surface area contributed by atoms with Crippen LogP contribution < -0.4 is 10.6 Å². The number of rotatable bonds is 3. The van der Waals surface area contributed by atoms with E-state index >= 15 is 0 Å². The largest absolute Gasteiger partial charge is 0.352 e. The quantitative estimate of drug-likeness (QED) is 0.917.